The van der Waals surface area contributed by atoms with Crippen molar-refractivity contribution in [2.75, 3.05) is 0 Å². The Morgan fingerprint density at radius 1 is 0.300 bits per heavy atom. The highest BCUT2D eigenvalue weighted by molar-refractivity contribution is 5.69. The quantitative estimate of drug-likeness (QED) is 0.0466. The smallest absolute Gasteiger partial charge is 0.306 e. The SMILES string of the molecule is CCCCCCCCCCCCCCCCCCCCCCCC(CCCCCC)OC(=O)CCCCCCCCCCCCCCCCC. The molecule has 0 aliphatic heterocycles. The molecule has 0 saturated carbocycles. The summed E-state index contributed by atoms with van der Waals surface area (Å²) in [7, 11) is 0. The number of esters is 1. The van der Waals surface area contributed by atoms with E-state index in [0.717, 1.165) is 19.3 Å². The average Bonchev–Trinajstić information content (AvgIpc) is 3.12. The summed E-state index contributed by atoms with van der Waals surface area (Å²) in [6, 6.07) is 0. The van der Waals surface area contributed by atoms with Crippen LogP contribution in [0.4, 0.5) is 0 Å². The van der Waals surface area contributed by atoms with Crippen molar-refractivity contribution in [3.63, 3.8) is 0 Å². The summed E-state index contributed by atoms with van der Waals surface area (Å²) in [5.74, 6) is 0.0729. The van der Waals surface area contributed by atoms with Gasteiger partial charge in [-0.15, -0.1) is 0 Å². The Balaban J connectivity index is 3.67. The lowest BCUT2D eigenvalue weighted by Crippen LogP contribution is -2.18. The van der Waals surface area contributed by atoms with Crippen molar-refractivity contribution in [1.82, 2.24) is 0 Å². The number of carbonyl (C=O) groups excluding carboxylic acids is 1. The summed E-state index contributed by atoms with van der Waals surface area (Å²) < 4.78 is 6.05. The molecule has 0 radical (unpaired) electrons. The van der Waals surface area contributed by atoms with Crippen LogP contribution in [0.2, 0.25) is 0 Å². The number of hydrogen-bond donors (Lipinski definition) is 0. The van der Waals surface area contributed by atoms with E-state index in [0.29, 0.717) is 6.42 Å². The topological polar surface area (TPSA) is 26.3 Å². The minimum atomic E-state index is 0.0729. The van der Waals surface area contributed by atoms with E-state index in [4.69, 9.17) is 4.74 Å². The molecule has 300 valence electrons. The van der Waals surface area contributed by atoms with Gasteiger partial charge in [0.05, 0.1) is 0 Å². The Morgan fingerprint density at radius 2 is 0.500 bits per heavy atom. The van der Waals surface area contributed by atoms with Crippen LogP contribution in [0, 0.1) is 0 Å². The van der Waals surface area contributed by atoms with Gasteiger partial charge in [-0.25, -0.2) is 0 Å². The van der Waals surface area contributed by atoms with Crippen LogP contribution in [-0.2, 0) is 9.53 Å². The molecule has 0 aliphatic rings. The van der Waals surface area contributed by atoms with E-state index in [1.165, 1.54) is 250 Å². The molecule has 1 atom stereocenters. The van der Waals surface area contributed by atoms with Crippen LogP contribution in [0.25, 0.3) is 0 Å². The Hall–Kier alpha value is -0.530. The molecule has 0 N–H and O–H groups in total. The van der Waals surface area contributed by atoms with Gasteiger partial charge in [0.25, 0.3) is 0 Å². The van der Waals surface area contributed by atoms with Gasteiger partial charge < -0.3 is 4.74 Å². The molecule has 0 aromatic heterocycles. The van der Waals surface area contributed by atoms with E-state index < -0.39 is 0 Å². The maximum atomic E-state index is 12.7. The van der Waals surface area contributed by atoms with Crippen molar-refractivity contribution in [2.24, 2.45) is 0 Å². The summed E-state index contributed by atoms with van der Waals surface area (Å²) in [4.78, 5) is 12.7. The second kappa shape index (κ2) is 44.6. The molecule has 0 heterocycles. The maximum Gasteiger partial charge on any atom is 0.306 e. The lowest BCUT2D eigenvalue weighted by Gasteiger charge is -2.18. The van der Waals surface area contributed by atoms with E-state index >= 15 is 0 Å². The van der Waals surface area contributed by atoms with Crippen molar-refractivity contribution in [2.45, 2.75) is 303 Å². The highest BCUT2D eigenvalue weighted by atomic mass is 16.5. The van der Waals surface area contributed by atoms with Crippen LogP contribution in [0.1, 0.15) is 297 Å². The van der Waals surface area contributed by atoms with E-state index in [2.05, 4.69) is 20.8 Å². The second-order valence-corrected chi connectivity index (χ2v) is 16.5. The third-order valence-electron chi connectivity index (χ3n) is 11.3. The van der Waals surface area contributed by atoms with Gasteiger partial charge in [0.15, 0.2) is 0 Å². The molecule has 0 fully saturated rings. The van der Waals surface area contributed by atoms with Crippen LogP contribution in [-0.4, -0.2) is 12.1 Å². The van der Waals surface area contributed by atoms with Gasteiger partial charge in [0, 0.05) is 6.42 Å². The first-order chi connectivity index (χ1) is 24.7. The van der Waals surface area contributed by atoms with Crippen LogP contribution in [0.3, 0.4) is 0 Å². The van der Waals surface area contributed by atoms with Gasteiger partial charge in [-0.1, -0.05) is 258 Å². The zero-order chi connectivity index (χ0) is 36.3. The number of hydrogen-bond acceptors (Lipinski definition) is 2. The molecule has 0 aromatic carbocycles. The van der Waals surface area contributed by atoms with Gasteiger partial charge in [0.2, 0.25) is 0 Å². The Kier molecular flexibility index (Phi) is 44.2. The fraction of sp³-hybridized carbons (Fsp3) is 0.979. The number of rotatable bonds is 44. The maximum absolute atomic E-state index is 12.7. The first kappa shape index (κ1) is 49.5. The first-order valence-electron chi connectivity index (χ1n) is 23.9. The number of ether oxygens (including phenoxy) is 1. The van der Waals surface area contributed by atoms with Gasteiger partial charge in [-0.2, -0.15) is 0 Å². The zero-order valence-corrected chi connectivity index (χ0v) is 35.3. The fourth-order valence-corrected chi connectivity index (χ4v) is 7.75. The third-order valence-corrected chi connectivity index (χ3v) is 11.3. The zero-order valence-electron chi connectivity index (χ0n) is 35.3. The fourth-order valence-electron chi connectivity index (χ4n) is 7.75. The number of unbranched alkanes of at least 4 members (excludes halogenated alkanes) is 37. The predicted molar refractivity (Wildman–Crippen MR) is 225 cm³/mol. The summed E-state index contributed by atoms with van der Waals surface area (Å²) in [6.45, 7) is 6.87. The van der Waals surface area contributed by atoms with E-state index in [-0.39, 0.29) is 12.1 Å². The van der Waals surface area contributed by atoms with Crippen molar-refractivity contribution in [3.8, 4) is 0 Å². The third kappa shape index (κ3) is 41.9. The molecule has 2 heteroatoms. The Bertz CT molecular complexity index is 615. The second-order valence-electron chi connectivity index (χ2n) is 16.5. The van der Waals surface area contributed by atoms with Crippen LogP contribution in [0.15, 0.2) is 0 Å². The highest BCUT2D eigenvalue weighted by Crippen LogP contribution is 2.19. The van der Waals surface area contributed by atoms with Gasteiger partial charge >= 0.3 is 5.97 Å². The molecule has 0 spiro atoms. The molecule has 1 unspecified atom stereocenters. The molecule has 0 rings (SSSR count). The minimum Gasteiger partial charge on any atom is -0.462 e. The lowest BCUT2D eigenvalue weighted by atomic mass is 10.0. The van der Waals surface area contributed by atoms with Gasteiger partial charge in [0.1, 0.15) is 6.10 Å². The van der Waals surface area contributed by atoms with Crippen molar-refractivity contribution in [1.29, 1.82) is 0 Å². The first-order valence-corrected chi connectivity index (χ1v) is 23.9. The van der Waals surface area contributed by atoms with E-state index in [1.807, 2.05) is 0 Å². The highest BCUT2D eigenvalue weighted by Gasteiger charge is 2.14. The average molecular weight is 705 g/mol. The van der Waals surface area contributed by atoms with Crippen molar-refractivity contribution >= 4 is 5.97 Å². The molecule has 0 aliphatic carbocycles. The molecule has 0 bridgehead atoms. The van der Waals surface area contributed by atoms with Crippen molar-refractivity contribution < 1.29 is 9.53 Å². The summed E-state index contributed by atoms with van der Waals surface area (Å²) in [6.07, 6.45) is 58.3. The van der Waals surface area contributed by atoms with E-state index in [1.54, 1.807) is 0 Å². The minimum absolute atomic E-state index is 0.0729. The Labute approximate surface area is 317 Å². The summed E-state index contributed by atoms with van der Waals surface area (Å²) in [5.41, 5.74) is 0. The summed E-state index contributed by atoms with van der Waals surface area (Å²) >= 11 is 0. The molecular weight excluding hydrogens is 609 g/mol. The lowest BCUT2D eigenvalue weighted by molar-refractivity contribution is -0.150. The normalized spacial score (nSPS) is 12.1. The largest absolute Gasteiger partial charge is 0.462 e. The molecule has 0 saturated heterocycles. The van der Waals surface area contributed by atoms with Crippen molar-refractivity contribution in [3.05, 3.63) is 0 Å². The predicted octanol–water partition coefficient (Wildman–Crippen LogP) is 17.7. The Morgan fingerprint density at radius 3 is 0.760 bits per heavy atom. The molecule has 50 heavy (non-hydrogen) atoms. The van der Waals surface area contributed by atoms with Gasteiger partial charge in [-0.05, 0) is 32.1 Å². The molecule has 0 amide bonds. The molecular formula is C48H96O2. The van der Waals surface area contributed by atoms with E-state index in [9.17, 15) is 4.79 Å². The van der Waals surface area contributed by atoms with Crippen LogP contribution < -0.4 is 0 Å². The molecule has 0 aromatic rings. The number of carbonyl (C=O) groups is 1. The standard InChI is InChI=1S/C48H96O2/c1-4-7-10-13-15-17-19-21-23-24-25-26-27-28-30-31-33-35-37-39-42-45-47(44-41-12-9-6-3)50-48(49)46-43-40-38-36-34-32-29-22-20-18-16-14-11-8-5-2/h47H,4-46H2,1-3H3. The van der Waals surface area contributed by atoms with Crippen LogP contribution >= 0.6 is 0 Å². The van der Waals surface area contributed by atoms with Gasteiger partial charge in [-0.3, -0.25) is 4.79 Å². The monoisotopic (exact) mass is 705 g/mol. The summed E-state index contributed by atoms with van der Waals surface area (Å²) in [5, 5.41) is 0. The van der Waals surface area contributed by atoms with Crippen LogP contribution in [0.5, 0.6) is 0 Å². The molecule has 2 nitrogen and oxygen atoms in total.